The third-order valence-electron chi connectivity index (χ3n) is 5.11. The summed E-state index contributed by atoms with van der Waals surface area (Å²) < 4.78 is 25.0. The van der Waals surface area contributed by atoms with E-state index in [1.54, 1.807) is 28.1 Å². The van der Waals surface area contributed by atoms with E-state index in [1.165, 1.54) is 30.5 Å². The number of morpholine rings is 1. The first-order valence-corrected chi connectivity index (χ1v) is 9.83. The van der Waals surface area contributed by atoms with Gasteiger partial charge in [-0.3, -0.25) is 9.78 Å². The molecule has 0 radical (unpaired) electrons. The molecule has 1 N–H and O–H groups in total. The molecule has 2 fully saturated rings. The number of nitrogens with zero attached hydrogens (tertiary/aromatic N) is 3. The molecule has 1 spiro atoms. The lowest BCUT2D eigenvalue weighted by atomic mass is 10.1. The number of amides is 3. The number of pyridine rings is 1. The van der Waals surface area contributed by atoms with E-state index in [2.05, 4.69) is 10.3 Å². The van der Waals surface area contributed by atoms with Crippen LogP contribution < -0.4 is 5.32 Å². The molecule has 8 nitrogen and oxygen atoms in total. The van der Waals surface area contributed by atoms with Gasteiger partial charge in [0.25, 0.3) is 5.91 Å². The Bertz CT molecular complexity index is 896. The fourth-order valence-corrected chi connectivity index (χ4v) is 3.62. The number of aromatic nitrogens is 1. The van der Waals surface area contributed by atoms with Crippen LogP contribution in [0.3, 0.4) is 0 Å². The Kier molecular flexibility index (Phi) is 5.91. The van der Waals surface area contributed by atoms with Crippen LogP contribution in [0.25, 0.3) is 0 Å². The first-order valence-electron chi connectivity index (χ1n) is 9.83. The largest absolute Gasteiger partial charge is 0.347 e. The van der Waals surface area contributed by atoms with Crippen LogP contribution >= 0.6 is 0 Å². The number of urea groups is 1. The fourth-order valence-electron chi connectivity index (χ4n) is 3.62. The number of hydrogen-bond acceptors (Lipinski definition) is 5. The minimum absolute atomic E-state index is 0.152. The molecule has 0 aliphatic carbocycles. The number of carbonyl (C=O) groups excluding carboxylic acids is 2. The molecule has 4 rings (SSSR count). The zero-order valence-corrected chi connectivity index (χ0v) is 16.4. The highest BCUT2D eigenvalue weighted by Gasteiger charge is 2.43. The fraction of sp³-hybridized carbons (Fsp3) is 0.381. The molecule has 1 unspecified atom stereocenters. The lowest BCUT2D eigenvalue weighted by molar-refractivity contribution is -0.258. The number of rotatable bonds is 2. The summed E-state index contributed by atoms with van der Waals surface area (Å²) >= 11 is 0. The van der Waals surface area contributed by atoms with Gasteiger partial charge in [0.1, 0.15) is 5.82 Å². The molecular formula is C21H23FN4O4. The van der Waals surface area contributed by atoms with Gasteiger partial charge in [0.05, 0.1) is 31.9 Å². The molecule has 2 aliphatic heterocycles. The molecule has 158 valence electrons. The van der Waals surface area contributed by atoms with Gasteiger partial charge in [-0.1, -0.05) is 0 Å². The van der Waals surface area contributed by atoms with E-state index in [4.69, 9.17) is 9.47 Å². The lowest BCUT2D eigenvalue weighted by Gasteiger charge is -2.43. The van der Waals surface area contributed by atoms with Gasteiger partial charge in [-0.05, 0) is 42.8 Å². The Balaban J connectivity index is 1.46. The number of anilines is 1. The van der Waals surface area contributed by atoms with Crippen LogP contribution in [-0.4, -0.2) is 71.9 Å². The van der Waals surface area contributed by atoms with Gasteiger partial charge in [0.15, 0.2) is 0 Å². The van der Waals surface area contributed by atoms with E-state index >= 15 is 0 Å². The average molecular weight is 414 g/mol. The standard InChI is InChI=1S/C21H23FN4O4/c22-17-4-6-18(7-5-17)24-20(28)26-9-2-11-29-21(15-26)14-25(10-12-30-21)19(27)16-3-1-8-23-13-16/h1,3-8,13H,2,9-12,14-15H2,(H,24,28). The van der Waals surface area contributed by atoms with Crippen molar-refractivity contribution in [1.29, 1.82) is 0 Å². The second kappa shape index (κ2) is 8.76. The topological polar surface area (TPSA) is 84.0 Å². The van der Waals surface area contributed by atoms with Crippen LogP contribution in [0, 0.1) is 5.82 Å². The predicted molar refractivity (Wildman–Crippen MR) is 106 cm³/mol. The summed E-state index contributed by atoms with van der Waals surface area (Å²) in [4.78, 5) is 32.9. The van der Waals surface area contributed by atoms with Crippen molar-refractivity contribution >= 4 is 17.6 Å². The van der Waals surface area contributed by atoms with E-state index in [0.717, 1.165) is 0 Å². The van der Waals surface area contributed by atoms with E-state index in [-0.39, 0.29) is 30.8 Å². The molecule has 0 bridgehead atoms. The second-order valence-corrected chi connectivity index (χ2v) is 7.29. The number of benzene rings is 1. The lowest BCUT2D eigenvalue weighted by Crippen LogP contribution is -2.60. The highest BCUT2D eigenvalue weighted by atomic mass is 19.1. The Morgan fingerprint density at radius 1 is 1.03 bits per heavy atom. The smallest absolute Gasteiger partial charge is 0.322 e. The molecule has 2 saturated heterocycles. The summed E-state index contributed by atoms with van der Waals surface area (Å²) in [6, 6.07) is 8.68. The van der Waals surface area contributed by atoms with Crippen LogP contribution in [0.4, 0.5) is 14.9 Å². The molecule has 30 heavy (non-hydrogen) atoms. The molecule has 3 heterocycles. The van der Waals surface area contributed by atoms with E-state index in [0.29, 0.717) is 44.0 Å². The van der Waals surface area contributed by atoms with Crippen molar-refractivity contribution < 1.29 is 23.5 Å². The Hall–Kier alpha value is -3.04. The van der Waals surface area contributed by atoms with Crippen molar-refractivity contribution in [3.8, 4) is 0 Å². The quantitative estimate of drug-likeness (QED) is 0.816. The molecule has 9 heteroatoms. The first kappa shape index (κ1) is 20.2. The van der Waals surface area contributed by atoms with Gasteiger partial charge in [0, 0.05) is 31.2 Å². The van der Waals surface area contributed by atoms with Crippen molar-refractivity contribution in [2.45, 2.75) is 12.2 Å². The SMILES string of the molecule is O=C(Nc1ccc(F)cc1)N1CCCOC2(C1)CN(C(=O)c1cccnc1)CCO2. The summed E-state index contributed by atoms with van der Waals surface area (Å²) in [5, 5.41) is 2.77. The minimum Gasteiger partial charge on any atom is -0.347 e. The molecule has 1 aromatic carbocycles. The molecule has 1 aromatic heterocycles. The van der Waals surface area contributed by atoms with Crippen molar-refractivity contribution in [2.24, 2.45) is 0 Å². The third-order valence-corrected chi connectivity index (χ3v) is 5.11. The van der Waals surface area contributed by atoms with Gasteiger partial charge < -0.3 is 24.6 Å². The Morgan fingerprint density at radius 3 is 2.57 bits per heavy atom. The van der Waals surface area contributed by atoms with E-state index in [1.807, 2.05) is 0 Å². The Morgan fingerprint density at radius 2 is 1.80 bits per heavy atom. The number of halogens is 1. The molecule has 0 saturated carbocycles. The monoisotopic (exact) mass is 414 g/mol. The van der Waals surface area contributed by atoms with Crippen LogP contribution in [0.15, 0.2) is 48.8 Å². The van der Waals surface area contributed by atoms with Crippen LogP contribution in [0.2, 0.25) is 0 Å². The van der Waals surface area contributed by atoms with Crippen molar-refractivity contribution in [3.05, 3.63) is 60.2 Å². The molecule has 3 amide bonds. The summed E-state index contributed by atoms with van der Waals surface area (Å²) in [5.41, 5.74) is 0.993. The van der Waals surface area contributed by atoms with Crippen LogP contribution in [0.1, 0.15) is 16.8 Å². The van der Waals surface area contributed by atoms with E-state index in [9.17, 15) is 14.0 Å². The zero-order chi connectivity index (χ0) is 21.0. The third kappa shape index (κ3) is 4.58. The first-order chi connectivity index (χ1) is 14.5. The maximum Gasteiger partial charge on any atom is 0.322 e. The maximum absolute atomic E-state index is 13.1. The summed E-state index contributed by atoms with van der Waals surface area (Å²) in [7, 11) is 0. The van der Waals surface area contributed by atoms with Crippen molar-refractivity contribution in [2.75, 3.05) is 44.7 Å². The highest BCUT2D eigenvalue weighted by molar-refractivity contribution is 5.94. The predicted octanol–water partition coefficient (Wildman–Crippen LogP) is 2.34. The minimum atomic E-state index is -1.09. The summed E-state index contributed by atoms with van der Waals surface area (Å²) in [6.45, 7) is 2.02. The summed E-state index contributed by atoms with van der Waals surface area (Å²) in [5.74, 6) is -1.61. The second-order valence-electron chi connectivity index (χ2n) is 7.29. The summed E-state index contributed by atoms with van der Waals surface area (Å²) in [6.07, 6.45) is 3.78. The number of hydrogen-bond donors (Lipinski definition) is 1. The van der Waals surface area contributed by atoms with E-state index < -0.39 is 5.79 Å². The normalized spacial score (nSPS) is 21.9. The molecule has 2 aliphatic rings. The highest BCUT2D eigenvalue weighted by Crippen LogP contribution is 2.26. The van der Waals surface area contributed by atoms with Gasteiger partial charge in [-0.25, -0.2) is 9.18 Å². The van der Waals surface area contributed by atoms with Gasteiger partial charge in [-0.2, -0.15) is 0 Å². The maximum atomic E-state index is 13.1. The zero-order valence-electron chi connectivity index (χ0n) is 16.4. The van der Waals surface area contributed by atoms with Gasteiger partial charge >= 0.3 is 6.03 Å². The van der Waals surface area contributed by atoms with Crippen molar-refractivity contribution in [3.63, 3.8) is 0 Å². The van der Waals surface area contributed by atoms with Crippen LogP contribution in [-0.2, 0) is 9.47 Å². The van der Waals surface area contributed by atoms with Crippen molar-refractivity contribution in [1.82, 2.24) is 14.8 Å². The molecule has 2 aromatic rings. The number of ether oxygens (including phenoxy) is 2. The number of nitrogens with one attached hydrogen (secondary N) is 1. The number of carbonyl (C=O) groups is 2. The van der Waals surface area contributed by atoms with Gasteiger partial charge in [-0.15, -0.1) is 0 Å². The molecule has 1 atom stereocenters. The Labute approximate surface area is 173 Å². The van der Waals surface area contributed by atoms with Crippen LogP contribution in [0.5, 0.6) is 0 Å². The van der Waals surface area contributed by atoms with Gasteiger partial charge in [0.2, 0.25) is 5.79 Å². The molecular weight excluding hydrogens is 391 g/mol. The average Bonchev–Trinajstić information content (AvgIpc) is 2.98.